The van der Waals surface area contributed by atoms with Gasteiger partial charge in [-0.1, -0.05) is 0 Å². The summed E-state index contributed by atoms with van der Waals surface area (Å²) in [4.78, 5) is 13.9. The van der Waals surface area contributed by atoms with Gasteiger partial charge in [-0.15, -0.1) is 0 Å². The molecule has 1 heterocycles. The number of nitrogens with zero attached hydrogens (tertiary/aromatic N) is 1. The molecule has 0 aromatic heterocycles. The third-order valence-corrected chi connectivity index (χ3v) is 2.87. The lowest BCUT2D eigenvalue weighted by Crippen LogP contribution is -2.37. The van der Waals surface area contributed by atoms with Gasteiger partial charge in [0.05, 0.1) is 18.6 Å². The van der Waals surface area contributed by atoms with Crippen LogP contribution in [0.5, 0.6) is 0 Å². The van der Waals surface area contributed by atoms with E-state index in [1.807, 2.05) is 18.7 Å². The molecule has 88 valence electrons. The maximum atomic E-state index is 12.0. The van der Waals surface area contributed by atoms with Crippen molar-refractivity contribution in [2.24, 2.45) is 11.7 Å². The fourth-order valence-electron chi connectivity index (χ4n) is 1.95. The number of rotatable bonds is 5. The molecule has 0 bridgehead atoms. The van der Waals surface area contributed by atoms with Crippen molar-refractivity contribution in [3.05, 3.63) is 0 Å². The van der Waals surface area contributed by atoms with Gasteiger partial charge in [-0.3, -0.25) is 4.79 Å². The monoisotopic (exact) mass is 214 g/mol. The molecule has 0 aromatic rings. The Bertz CT molecular complexity index is 209. The molecule has 0 spiro atoms. The smallest absolute Gasteiger partial charge is 0.228 e. The van der Waals surface area contributed by atoms with E-state index in [4.69, 9.17) is 10.5 Å². The van der Waals surface area contributed by atoms with Gasteiger partial charge in [0, 0.05) is 13.1 Å². The SMILES string of the molecule is CCN(CCCN)C(=O)C1COC(C)C1. The van der Waals surface area contributed by atoms with Crippen molar-refractivity contribution in [1.29, 1.82) is 0 Å². The van der Waals surface area contributed by atoms with E-state index in [2.05, 4.69) is 0 Å². The minimum Gasteiger partial charge on any atom is -0.378 e. The minimum absolute atomic E-state index is 0.0673. The zero-order chi connectivity index (χ0) is 11.3. The van der Waals surface area contributed by atoms with Crippen LogP contribution >= 0.6 is 0 Å². The number of ether oxygens (including phenoxy) is 1. The molecule has 2 N–H and O–H groups in total. The molecule has 2 atom stereocenters. The van der Waals surface area contributed by atoms with Crippen LogP contribution in [0.15, 0.2) is 0 Å². The summed E-state index contributed by atoms with van der Waals surface area (Å²) in [6, 6.07) is 0. The Hall–Kier alpha value is -0.610. The number of amides is 1. The Morgan fingerprint density at radius 3 is 2.80 bits per heavy atom. The first-order valence-corrected chi connectivity index (χ1v) is 5.79. The Balaban J connectivity index is 2.42. The molecule has 1 aliphatic rings. The quantitative estimate of drug-likeness (QED) is 0.729. The average molecular weight is 214 g/mol. The van der Waals surface area contributed by atoms with Crippen LogP contribution in [0.25, 0.3) is 0 Å². The highest BCUT2D eigenvalue weighted by Crippen LogP contribution is 2.21. The highest BCUT2D eigenvalue weighted by atomic mass is 16.5. The Kier molecular flexibility index (Phi) is 5.05. The number of carbonyl (C=O) groups excluding carboxylic acids is 1. The molecule has 0 aromatic carbocycles. The van der Waals surface area contributed by atoms with Gasteiger partial charge in [0.1, 0.15) is 0 Å². The first-order valence-electron chi connectivity index (χ1n) is 5.79. The lowest BCUT2D eigenvalue weighted by atomic mass is 10.0. The van der Waals surface area contributed by atoms with Crippen molar-refractivity contribution in [1.82, 2.24) is 4.90 Å². The predicted octanol–water partition coefficient (Wildman–Crippen LogP) is 0.609. The maximum absolute atomic E-state index is 12.0. The maximum Gasteiger partial charge on any atom is 0.228 e. The zero-order valence-corrected chi connectivity index (χ0v) is 9.74. The summed E-state index contributed by atoms with van der Waals surface area (Å²) in [5, 5.41) is 0. The van der Waals surface area contributed by atoms with E-state index in [1.54, 1.807) is 0 Å². The summed E-state index contributed by atoms with van der Waals surface area (Å²) in [5.41, 5.74) is 5.44. The molecule has 1 fully saturated rings. The summed E-state index contributed by atoms with van der Waals surface area (Å²) >= 11 is 0. The molecular formula is C11H22N2O2. The molecular weight excluding hydrogens is 192 g/mol. The molecule has 2 unspecified atom stereocenters. The lowest BCUT2D eigenvalue weighted by Gasteiger charge is -2.23. The second kappa shape index (κ2) is 6.08. The first-order chi connectivity index (χ1) is 7.19. The third-order valence-electron chi connectivity index (χ3n) is 2.87. The van der Waals surface area contributed by atoms with Crippen molar-refractivity contribution in [3.8, 4) is 0 Å². The summed E-state index contributed by atoms with van der Waals surface area (Å²) in [7, 11) is 0. The van der Waals surface area contributed by atoms with Crippen molar-refractivity contribution in [2.75, 3.05) is 26.2 Å². The van der Waals surface area contributed by atoms with Crippen LogP contribution < -0.4 is 5.73 Å². The summed E-state index contributed by atoms with van der Waals surface area (Å²) < 4.78 is 5.41. The van der Waals surface area contributed by atoms with Gasteiger partial charge in [-0.25, -0.2) is 0 Å². The van der Waals surface area contributed by atoms with E-state index < -0.39 is 0 Å². The predicted molar refractivity (Wildman–Crippen MR) is 59.4 cm³/mol. The zero-order valence-electron chi connectivity index (χ0n) is 9.74. The van der Waals surface area contributed by atoms with Crippen molar-refractivity contribution < 1.29 is 9.53 Å². The standard InChI is InChI=1S/C11H22N2O2/c1-3-13(6-4-5-12)11(14)10-7-9(2)15-8-10/h9-10H,3-8,12H2,1-2H3. The van der Waals surface area contributed by atoms with Crippen LogP contribution in [-0.2, 0) is 9.53 Å². The van der Waals surface area contributed by atoms with Crippen LogP contribution in [-0.4, -0.2) is 43.2 Å². The average Bonchev–Trinajstić information content (AvgIpc) is 2.65. The lowest BCUT2D eigenvalue weighted by molar-refractivity contribution is -0.135. The molecule has 0 saturated carbocycles. The Morgan fingerprint density at radius 1 is 1.60 bits per heavy atom. The van der Waals surface area contributed by atoms with E-state index in [0.717, 1.165) is 25.9 Å². The van der Waals surface area contributed by atoms with Crippen molar-refractivity contribution in [3.63, 3.8) is 0 Å². The molecule has 4 nitrogen and oxygen atoms in total. The highest BCUT2D eigenvalue weighted by molar-refractivity contribution is 5.79. The number of hydrogen-bond acceptors (Lipinski definition) is 3. The number of carbonyl (C=O) groups is 1. The molecule has 1 amide bonds. The number of nitrogens with two attached hydrogens (primary N) is 1. The van der Waals surface area contributed by atoms with Crippen molar-refractivity contribution in [2.45, 2.75) is 32.8 Å². The van der Waals surface area contributed by atoms with Gasteiger partial charge in [0.25, 0.3) is 0 Å². The summed E-state index contributed by atoms with van der Waals surface area (Å²) in [5.74, 6) is 0.299. The van der Waals surface area contributed by atoms with Gasteiger partial charge in [0.15, 0.2) is 0 Å². The van der Waals surface area contributed by atoms with Gasteiger partial charge >= 0.3 is 0 Å². The number of hydrogen-bond donors (Lipinski definition) is 1. The summed E-state index contributed by atoms with van der Waals surface area (Å²) in [6.45, 7) is 6.79. The second-order valence-electron chi connectivity index (χ2n) is 4.14. The highest BCUT2D eigenvalue weighted by Gasteiger charge is 2.30. The van der Waals surface area contributed by atoms with Gasteiger partial charge in [0.2, 0.25) is 5.91 Å². The molecule has 1 saturated heterocycles. The van der Waals surface area contributed by atoms with Gasteiger partial charge in [-0.05, 0) is 33.2 Å². The largest absolute Gasteiger partial charge is 0.378 e. The van der Waals surface area contributed by atoms with Crippen LogP contribution in [0.3, 0.4) is 0 Å². The molecule has 0 aliphatic carbocycles. The molecule has 0 radical (unpaired) electrons. The molecule has 1 aliphatic heterocycles. The van der Waals surface area contributed by atoms with E-state index in [9.17, 15) is 4.79 Å². The van der Waals surface area contributed by atoms with Crippen LogP contribution in [0.1, 0.15) is 26.7 Å². The Labute approximate surface area is 91.8 Å². The fourth-order valence-corrected chi connectivity index (χ4v) is 1.95. The first kappa shape index (κ1) is 12.5. The minimum atomic E-state index is 0.0673. The second-order valence-corrected chi connectivity index (χ2v) is 4.14. The third kappa shape index (κ3) is 3.47. The molecule has 4 heteroatoms. The molecule has 15 heavy (non-hydrogen) atoms. The van der Waals surface area contributed by atoms with E-state index in [1.165, 1.54) is 0 Å². The van der Waals surface area contributed by atoms with Gasteiger partial charge < -0.3 is 15.4 Å². The molecule has 1 rings (SSSR count). The van der Waals surface area contributed by atoms with Crippen molar-refractivity contribution >= 4 is 5.91 Å². The van der Waals surface area contributed by atoms with E-state index >= 15 is 0 Å². The fraction of sp³-hybridized carbons (Fsp3) is 0.909. The van der Waals surface area contributed by atoms with Crippen LogP contribution in [0, 0.1) is 5.92 Å². The normalized spacial score (nSPS) is 25.5. The van der Waals surface area contributed by atoms with Gasteiger partial charge in [-0.2, -0.15) is 0 Å². The Morgan fingerprint density at radius 2 is 2.33 bits per heavy atom. The van der Waals surface area contributed by atoms with E-state index in [-0.39, 0.29) is 17.9 Å². The van der Waals surface area contributed by atoms with Crippen LogP contribution in [0.4, 0.5) is 0 Å². The van der Waals surface area contributed by atoms with E-state index in [0.29, 0.717) is 13.2 Å². The summed E-state index contributed by atoms with van der Waals surface area (Å²) in [6.07, 6.45) is 1.97. The van der Waals surface area contributed by atoms with Crippen LogP contribution in [0.2, 0.25) is 0 Å². The topological polar surface area (TPSA) is 55.6 Å².